The van der Waals surface area contributed by atoms with E-state index in [4.69, 9.17) is 0 Å². The predicted octanol–water partition coefficient (Wildman–Crippen LogP) is 15.3. The van der Waals surface area contributed by atoms with Crippen molar-refractivity contribution < 1.29 is 0 Å². The van der Waals surface area contributed by atoms with Gasteiger partial charge in [0.1, 0.15) is 0 Å². The van der Waals surface area contributed by atoms with Crippen molar-refractivity contribution in [1.29, 1.82) is 0 Å². The molecule has 0 nitrogen and oxygen atoms in total. The van der Waals surface area contributed by atoms with Crippen LogP contribution in [-0.4, -0.2) is 0 Å². The summed E-state index contributed by atoms with van der Waals surface area (Å²) < 4.78 is 0. The molecule has 11 aromatic carbocycles. The normalized spacial score (nSPS) is 11.7. The molecule has 0 spiro atoms. The van der Waals surface area contributed by atoms with Crippen molar-refractivity contribution in [2.24, 2.45) is 0 Å². The van der Waals surface area contributed by atoms with E-state index in [2.05, 4.69) is 206 Å². The van der Waals surface area contributed by atoms with Crippen molar-refractivity contribution in [3.8, 4) is 44.5 Å². The minimum atomic E-state index is 1.23. The number of hydrogen-bond donors (Lipinski definition) is 0. The highest BCUT2D eigenvalue weighted by Crippen LogP contribution is 2.47. The monoisotopic (exact) mass is 682 g/mol. The maximum absolute atomic E-state index is 2.40. The molecule has 0 N–H and O–H groups in total. The molecular weight excluding hydrogens is 649 g/mol. The molecular formula is C54H34. The molecule has 0 fully saturated rings. The van der Waals surface area contributed by atoms with Gasteiger partial charge in [0.05, 0.1) is 0 Å². The molecule has 0 aliphatic heterocycles. The zero-order valence-electron chi connectivity index (χ0n) is 29.6. The van der Waals surface area contributed by atoms with E-state index in [1.54, 1.807) is 0 Å². The minimum Gasteiger partial charge on any atom is -0.0622 e. The fraction of sp³-hybridized carbons (Fsp3) is 0. The largest absolute Gasteiger partial charge is 0.0622 e. The Labute approximate surface area is 314 Å². The van der Waals surface area contributed by atoms with Crippen molar-refractivity contribution in [3.05, 3.63) is 206 Å². The SMILES string of the molecule is c1ccc(-c2c3ccccc3c(-c3ccc4c(ccc5c(-c6c7ccccc7c(-c7ccccc7)c7ccccc67)cccc54)c3)c3ccccc23)cc1. The van der Waals surface area contributed by atoms with Gasteiger partial charge in [-0.3, -0.25) is 0 Å². The third-order valence-corrected chi connectivity index (χ3v) is 11.4. The van der Waals surface area contributed by atoms with Crippen LogP contribution in [0.5, 0.6) is 0 Å². The summed E-state index contributed by atoms with van der Waals surface area (Å²) in [6.45, 7) is 0. The first-order valence-electron chi connectivity index (χ1n) is 18.8. The summed E-state index contributed by atoms with van der Waals surface area (Å²) in [5.74, 6) is 0. The highest BCUT2D eigenvalue weighted by molar-refractivity contribution is 6.26. The van der Waals surface area contributed by atoms with E-state index < -0.39 is 0 Å². The van der Waals surface area contributed by atoms with Gasteiger partial charge in [-0.25, -0.2) is 0 Å². The Bertz CT molecular complexity index is 3130. The Balaban J connectivity index is 1.15. The van der Waals surface area contributed by atoms with Crippen LogP contribution >= 0.6 is 0 Å². The van der Waals surface area contributed by atoms with Gasteiger partial charge in [0.2, 0.25) is 0 Å². The molecule has 0 heterocycles. The van der Waals surface area contributed by atoms with Gasteiger partial charge >= 0.3 is 0 Å². The van der Waals surface area contributed by atoms with Crippen LogP contribution in [0.25, 0.3) is 109 Å². The van der Waals surface area contributed by atoms with Gasteiger partial charge in [0, 0.05) is 0 Å². The standard InChI is InChI=1S/C54H34/c1-3-16-35(17-4-1)51-43-20-7-9-22-45(43)53(46-23-10-8-21-44(46)51)38-31-32-39-37(34-38)30-33-41-40(39)28-15-29-42(41)54-49-26-13-11-24-47(49)52(36-18-5-2-6-19-36)48-25-12-14-27-50(48)54/h1-34H. The lowest BCUT2D eigenvalue weighted by molar-refractivity contribution is 1.66. The number of hydrogen-bond acceptors (Lipinski definition) is 0. The van der Waals surface area contributed by atoms with Crippen LogP contribution in [0.2, 0.25) is 0 Å². The van der Waals surface area contributed by atoms with Gasteiger partial charge in [-0.05, 0) is 115 Å². The molecule has 0 aliphatic carbocycles. The third kappa shape index (κ3) is 4.64. The maximum Gasteiger partial charge on any atom is -0.00201 e. The van der Waals surface area contributed by atoms with Crippen LogP contribution in [0.1, 0.15) is 0 Å². The molecule has 0 amide bonds. The Morgan fingerprint density at radius 3 is 1.02 bits per heavy atom. The van der Waals surface area contributed by atoms with E-state index in [0.29, 0.717) is 0 Å². The van der Waals surface area contributed by atoms with Gasteiger partial charge in [0.15, 0.2) is 0 Å². The Hall–Kier alpha value is -7.02. The Morgan fingerprint density at radius 1 is 0.185 bits per heavy atom. The molecule has 0 saturated heterocycles. The summed E-state index contributed by atoms with van der Waals surface area (Å²) in [5, 5.41) is 15.2. The van der Waals surface area contributed by atoms with Crippen LogP contribution in [0, 0.1) is 0 Å². The minimum absolute atomic E-state index is 1.23. The molecule has 54 heavy (non-hydrogen) atoms. The van der Waals surface area contributed by atoms with Crippen molar-refractivity contribution in [1.82, 2.24) is 0 Å². The lowest BCUT2D eigenvalue weighted by Gasteiger charge is -2.19. The lowest BCUT2D eigenvalue weighted by Crippen LogP contribution is -1.92. The summed E-state index contributed by atoms with van der Waals surface area (Å²) in [6, 6.07) is 75.9. The molecule has 0 radical (unpaired) electrons. The second-order valence-corrected chi connectivity index (χ2v) is 14.3. The van der Waals surface area contributed by atoms with E-state index >= 15 is 0 Å². The van der Waals surface area contributed by atoms with Gasteiger partial charge in [-0.2, -0.15) is 0 Å². The van der Waals surface area contributed by atoms with Gasteiger partial charge < -0.3 is 0 Å². The molecule has 0 heteroatoms. The fourth-order valence-corrected chi connectivity index (χ4v) is 9.16. The van der Waals surface area contributed by atoms with Crippen LogP contribution in [-0.2, 0) is 0 Å². The highest BCUT2D eigenvalue weighted by Gasteiger charge is 2.20. The molecule has 0 aliphatic rings. The van der Waals surface area contributed by atoms with Crippen LogP contribution in [0.4, 0.5) is 0 Å². The second kappa shape index (κ2) is 12.3. The van der Waals surface area contributed by atoms with Gasteiger partial charge in [0.25, 0.3) is 0 Å². The first-order valence-corrected chi connectivity index (χ1v) is 18.8. The molecule has 250 valence electrons. The summed E-state index contributed by atoms with van der Waals surface area (Å²) in [4.78, 5) is 0. The van der Waals surface area contributed by atoms with E-state index in [9.17, 15) is 0 Å². The van der Waals surface area contributed by atoms with Gasteiger partial charge in [-0.15, -0.1) is 0 Å². The third-order valence-electron chi connectivity index (χ3n) is 11.4. The van der Waals surface area contributed by atoms with Crippen molar-refractivity contribution >= 4 is 64.6 Å². The molecule has 11 aromatic rings. The molecule has 0 atom stereocenters. The summed E-state index contributed by atoms with van der Waals surface area (Å²) in [7, 11) is 0. The fourth-order valence-electron chi connectivity index (χ4n) is 9.16. The topological polar surface area (TPSA) is 0 Å². The van der Waals surface area contributed by atoms with Crippen molar-refractivity contribution in [2.75, 3.05) is 0 Å². The molecule has 11 rings (SSSR count). The van der Waals surface area contributed by atoms with Crippen LogP contribution in [0.3, 0.4) is 0 Å². The van der Waals surface area contributed by atoms with E-state index in [1.165, 1.54) is 109 Å². The molecule has 0 bridgehead atoms. The molecule has 0 unspecified atom stereocenters. The van der Waals surface area contributed by atoms with Crippen molar-refractivity contribution in [3.63, 3.8) is 0 Å². The van der Waals surface area contributed by atoms with E-state index in [1.807, 2.05) is 0 Å². The van der Waals surface area contributed by atoms with Crippen LogP contribution < -0.4 is 0 Å². The van der Waals surface area contributed by atoms with E-state index in [0.717, 1.165) is 0 Å². The number of fused-ring (bicyclic) bond motifs is 7. The van der Waals surface area contributed by atoms with Crippen LogP contribution in [0.15, 0.2) is 206 Å². The highest BCUT2D eigenvalue weighted by atomic mass is 14.2. The van der Waals surface area contributed by atoms with Gasteiger partial charge in [-0.1, -0.05) is 200 Å². The number of benzene rings is 11. The average Bonchev–Trinajstić information content (AvgIpc) is 3.24. The lowest BCUT2D eigenvalue weighted by atomic mass is 9.84. The Morgan fingerprint density at radius 2 is 0.556 bits per heavy atom. The Kier molecular flexibility index (Phi) is 6.97. The van der Waals surface area contributed by atoms with Crippen molar-refractivity contribution in [2.45, 2.75) is 0 Å². The van der Waals surface area contributed by atoms with E-state index in [-0.39, 0.29) is 0 Å². The summed E-state index contributed by atoms with van der Waals surface area (Å²) in [6.07, 6.45) is 0. The zero-order valence-corrected chi connectivity index (χ0v) is 29.6. The summed E-state index contributed by atoms with van der Waals surface area (Å²) >= 11 is 0. The first kappa shape index (κ1) is 30.6. The predicted molar refractivity (Wildman–Crippen MR) is 233 cm³/mol. The first-order chi connectivity index (χ1) is 26.8. The molecule has 0 saturated carbocycles. The maximum atomic E-state index is 2.40. The zero-order chi connectivity index (χ0) is 35.6. The quantitative estimate of drug-likeness (QED) is 0.128. The smallest absolute Gasteiger partial charge is 0.00201 e. The molecule has 0 aromatic heterocycles. The summed E-state index contributed by atoms with van der Waals surface area (Å²) in [5.41, 5.74) is 10.1. The average molecular weight is 683 g/mol. The number of rotatable bonds is 4. The second-order valence-electron chi connectivity index (χ2n) is 14.3.